The first-order valence-corrected chi connectivity index (χ1v) is 7.52. The van der Waals surface area contributed by atoms with Crippen molar-refractivity contribution in [1.29, 1.82) is 0 Å². The van der Waals surface area contributed by atoms with E-state index in [1.54, 1.807) is 0 Å². The Morgan fingerprint density at radius 3 is 1.22 bits per heavy atom. The summed E-state index contributed by atoms with van der Waals surface area (Å²) in [6.07, 6.45) is 0. The van der Waals surface area contributed by atoms with Crippen LogP contribution in [-0.2, 0) is 38.4 Å². The van der Waals surface area contributed by atoms with Crippen LogP contribution in [0.15, 0.2) is 0 Å². The zero-order valence-corrected chi connectivity index (χ0v) is 13.5. The first-order valence-electron chi connectivity index (χ1n) is 7.52. The molecule has 12 heteroatoms. The average Bonchev–Trinajstić information content (AvgIpc) is 2.62. The summed E-state index contributed by atoms with van der Waals surface area (Å²) in [4.78, 5) is 98.3. The molecular weight excluding hydrogens is 364 g/mol. The third kappa shape index (κ3) is 1.40. The summed E-state index contributed by atoms with van der Waals surface area (Å²) in [7, 11) is 1.11. The number of hydrogen-bond acceptors (Lipinski definition) is 8. The van der Waals surface area contributed by atoms with Crippen LogP contribution in [0.1, 0.15) is 14.4 Å². The molecule has 0 atom stereocenters. The van der Waals surface area contributed by atoms with Crippen LogP contribution in [0.3, 0.4) is 0 Å². The van der Waals surface area contributed by atoms with E-state index in [4.69, 9.17) is 0 Å². The lowest BCUT2D eigenvalue weighted by Gasteiger charge is -2.55. The van der Waals surface area contributed by atoms with Gasteiger partial charge in [0.25, 0.3) is 58.1 Å². The summed E-state index contributed by atoms with van der Waals surface area (Å²) < 4.78 is 0. The van der Waals surface area contributed by atoms with Crippen LogP contribution in [0, 0.1) is 10.8 Å². The largest absolute Gasteiger partial charge is 0.285 e. The van der Waals surface area contributed by atoms with Gasteiger partial charge in [-0.15, -0.1) is 0 Å². The van der Waals surface area contributed by atoms with Gasteiger partial charge in [-0.3, -0.25) is 58.0 Å². The third-order valence-corrected chi connectivity index (χ3v) is 5.25. The molecule has 0 aromatic rings. The Kier molecular flexibility index (Phi) is 3.29. The van der Waals surface area contributed by atoms with Gasteiger partial charge in [-0.2, -0.15) is 0 Å². The van der Waals surface area contributed by atoms with Crippen molar-refractivity contribution in [2.75, 3.05) is 20.3 Å². The second-order valence-corrected chi connectivity index (χ2v) is 6.24. The lowest BCUT2D eigenvalue weighted by Crippen LogP contribution is -2.87. The highest BCUT2D eigenvalue weighted by Crippen LogP contribution is 2.47. The van der Waals surface area contributed by atoms with Crippen LogP contribution < -0.4 is 0 Å². The predicted octanol–water partition coefficient (Wildman–Crippen LogP) is -3.32. The number of likely N-dealkylation sites (tertiary alicyclic amines) is 4. The van der Waals surface area contributed by atoms with Gasteiger partial charge in [0.15, 0.2) is 0 Å². The van der Waals surface area contributed by atoms with Crippen LogP contribution in [0.5, 0.6) is 0 Å². The number of amides is 8. The van der Waals surface area contributed by atoms with Gasteiger partial charge in [0, 0.05) is 13.6 Å². The van der Waals surface area contributed by atoms with Crippen LogP contribution >= 0.6 is 0 Å². The molecule has 4 saturated heterocycles. The van der Waals surface area contributed by atoms with E-state index in [-0.39, 0.29) is 14.0 Å². The topological polar surface area (TPSA) is 150 Å². The van der Waals surface area contributed by atoms with Crippen molar-refractivity contribution >= 4 is 47.3 Å². The number of β-lactam (4-membered cyclic amide) rings is 8. The Morgan fingerprint density at radius 2 is 0.889 bits per heavy atom. The molecule has 4 fully saturated rings. The van der Waals surface area contributed by atoms with Gasteiger partial charge in [0.2, 0.25) is 0 Å². The molecule has 4 aliphatic rings. The summed E-state index contributed by atoms with van der Waals surface area (Å²) in [5.74, 6) is -8.39. The van der Waals surface area contributed by atoms with Crippen molar-refractivity contribution in [2.45, 2.75) is 14.4 Å². The molecule has 0 saturated carbocycles. The fraction of sp³-hybridized carbons (Fsp3) is 0.467. The van der Waals surface area contributed by atoms with Gasteiger partial charge in [0.05, 0.1) is 0 Å². The summed E-state index contributed by atoms with van der Waals surface area (Å²) in [5.41, 5.74) is -4.82. The monoisotopic (exact) mass is 378 g/mol. The molecule has 0 bridgehead atoms. The molecule has 0 aromatic heterocycles. The van der Waals surface area contributed by atoms with Crippen molar-refractivity contribution in [3.63, 3.8) is 0 Å². The van der Waals surface area contributed by atoms with Crippen molar-refractivity contribution in [1.82, 2.24) is 19.6 Å². The predicted molar refractivity (Wildman–Crippen MR) is 80.3 cm³/mol. The van der Waals surface area contributed by atoms with Crippen molar-refractivity contribution in [2.24, 2.45) is 10.8 Å². The molecule has 0 aromatic carbocycles. The maximum Gasteiger partial charge on any atom is 0.285 e. The highest BCUT2D eigenvalue weighted by molar-refractivity contribution is 6.54. The summed E-state index contributed by atoms with van der Waals surface area (Å²) in [5, 5.41) is 0. The highest BCUT2D eigenvalue weighted by atomic mass is 16.2. The molecule has 142 valence electrons. The lowest BCUT2D eigenvalue weighted by molar-refractivity contribution is -0.205. The highest BCUT2D eigenvalue weighted by Gasteiger charge is 2.83. The zero-order chi connectivity index (χ0) is 19.3. The summed E-state index contributed by atoms with van der Waals surface area (Å²) in [6, 6.07) is 0. The molecular formula is C15H14N4O8. The second kappa shape index (κ2) is 4.84. The summed E-state index contributed by atoms with van der Waals surface area (Å²) >= 11 is 0. The Bertz CT molecular complexity index is 853. The van der Waals surface area contributed by atoms with Crippen molar-refractivity contribution < 1.29 is 38.4 Å². The van der Waals surface area contributed by atoms with Crippen LogP contribution in [0.25, 0.3) is 0 Å². The number of carbonyl (C=O) groups excluding carboxylic acids is 8. The Labute approximate surface area is 151 Å². The number of rotatable bonds is 3. The third-order valence-electron chi connectivity index (χ3n) is 5.25. The lowest BCUT2D eigenvalue weighted by atomic mass is 9.68. The molecule has 2 spiro atoms. The van der Waals surface area contributed by atoms with Crippen LogP contribution in [0.4, 0.5) is 0 Å². The fourth-order valence-electron chi connectivity index (χ4n) is 3.66. The average molecular weight is 378 g/mol. The number of carbonyl (C=O) groups is 8. The smallest absolute Gasteiger partial charge is 0.282 e. The Morgan fingerprint density at radius 1 is 0.593 bits per heavy atom. The van der Waals surface area contributed by atoms with Gasteiger partial charge in [-0.1, -0.05) is 7.43 Å². The molecule has 12 nitrogen and oxygen atoms in total. The first kappa shape index (κ1) is 18.4. The maximum absolute atomic E-state index is 12.2. The molecule has 0 N–H and O–H groups in total. The molecule has 4 heterocycles. The molecule has 8 amide bonds. The SMILES string of the molecule is C.CCN1C(=O)C2(C1=O)C(=O)N(CN1C(=O)C3(C(=O)N(C)C3=O)C1=O)C2=O. The first-order chi connectivity index (χ1) is 12.1. The van der Waals surface area contributed by atoms with Gasteiger partial charge in [-0.25, -0.2) is 0 Å². The van der Waals surface area contributed by atoms with Gasteiger partial charge in [-0.05, 0) is 6.92 Å². The van der Waals surface area contributed by atoms with E-state index in [9.17, 15) is 38.4 Å². The summed E-state index contributed by atoms with van der Waals surface area (Å²) in [6.45, 7) is 0.647. The van der Waals surface area contributed by atoms with Crippen molar-refractivity contribution in [3.05, 3.63) is 0 Å². The van der Waals surface area contributed by atoms with Gasteiger partial charge >= 0.3 is 0 Å². The van der Waals surface area contributed by atoms with E-state index < -0.39 is 64.8 Å². The Hall–Kier alpha value is -3.44. The number of hydrogen-bond donors (Lipinski definition) is 0. The van der Waals surface area contributed by atoms with Crippen molar-refractivity contribution in [3.8, 4) is 0 Å². The minimum absolute atomic E-state index is 0. The van der Waals surface area contributed by atoms with Crippen LogP contribution in [-0.4, -0.2) is 87.1 Å². The molecule has 4 aliphatic heterocycles. The quantitative estimate of drug-likeness (QED) is 0.366. The zero-order valence-electron chi connectivity index (χ0n) is 13.5. The standard InChI is InChI=1S/C14H10N4O8.CH4/c1-3-16-7(21)14(8(16)22)11(25)18(12(14)26)4-17-9(23)13(10(17)24)5(19)15(2)6(13)20;/h3-4H2,1-2H3;1H4. The van der Waals surface area contributed by atoms with Gasteiger partial charge in [0.1, 0.15) is 6.67 Å². The van der Waals surface area contributed by atoms with E-state index in [0.29, 0.717) is 14.7 Å². The minimum atomic E-state index is -2.41. The van der Waals surface area contributed by atoms with E-state index >= 15 is 0 Å². The molecule has 0 aliphatic carbocycles. The number of imide groups is 4. The van der Waals surface area contributed by atoms with E-state index in [1.807, 2.05) is 0 Å². The van der Waals surface area contributed by atoms with E-state index in [1.165, 1.54) is 6.92 Å². The molecule has 27 heavy (non-hydrogen) atoms. The number of nitrogens with zero attached hydrogens (tertiary/aromatic N) is 4. The normalized spacial score (nSPS) is 24.8. The van der Waals surface area contributed by atoms with Crippen LogP contribution in [0.2, 0.25) is 0 Å². The van der Waals surface area contributed by atoms with E-state index in [0.717, 1.165) is 11.9 Å². The van der Waals surface area contributed by atoms with Gasteiger partial charge < -0.3 is 0 Å². The molecule has 0 unspecified atom stereocenters. The Balaban J connectivity index is 0.00000210. The fourth-order valence-corrected chi connectivity index (χ4v) is 3.66. The van der Waals surface area contributed by atoms with E-state index in [2.05, 4.69) is 0 Å². The second-order valence-electron chi connectivity index (χ2n) is 6.24. The molecule has 0 radical (unpaired) electrons. The minimum Gasteiger partial charge on any atom is -0.282 e. The maximum atomic E-state index is 12.2. The molecule has 4 rings (SSSR count).